The molecule has 2 aliphatic rings. The molecular formula is C27H24FN5O2. The summed E-state index contributed by atoms with van der Waals surface area (Å²) in [6, 6.07) is 8.79. The number of hydrogen-bond acceptors (Lipinski definition) is 7. The van der Waals surface area contributed by atoms with E-state index in [0.29, 0.717) is 39.1 Å². The topological polar surface area (TPSA) is 83.4 Å². The zero-order valence-corrected chi connectivity index (χ0v) is 19.4. The Kier molecular flexibility index (Phi) is 4.97. The molecule has 1 saturated heterocycles. The van der Waals surface area contributed by atoms with Gasteiger partial charge in [-0.15, -0.1) is 6.42 Å². The van der Waals surface area contributed by atoms with Crippen molar-refractivity contribution in [3.8, 4) is 35.2 Å². The maximum Gasteiger partial charge on any atom is 0.227 e. The average molecular weight is 470 g/mol. The van der Waals surface area contributed by atoms with Gasteiger partial charge in [-0.25, -0.2) is 19.3 Å². The van der Waals surface area contributed by atoms with E-state index >= 15 is 4.39 Å². The number of benzene rings is 2. The number of pyridine rings is 1. The Labute approximate surface area is 202 Å². The summed E-state index contributed by atoms with van der Waals surface area (Å²) >= 11 is 0. The summed E-state index contributed by atoms with van der Waals surface area (Å²) in [6.07, 6.45) is 7.88. The molecule has 0 bridgehead atoms. The van der Waals surface area contributed by atoms with Gasteiger partial charge in [-0.3, -0.25) is 0 Å². The number of anilines is 1. The number of nitrogens with one attached hydrogen (secondary N) is 1. The maximum absolute atomic E-state index is 16.2. The number of halogens is 1. The standard InChI is InChI=1S/C27H24FN5O2/c1-4-15-7-6-8-16-9-18(34)10-19(21(15)16)24-23(28)25-22-26(31-13-30-25)33-12-17(5-2)29-11-20(33)14(3)35-27(22)32-24/h1,6-10,13-14,17,20,29,34H,5,11-12H2,2-3H3/t14-,17+,20-/m0/s1. The molecule has 176 valence electrons. The number of fused-ring (bicyclic) bond motifs is 3. The highest BCUT2D eigenvalue weighted by atomic mass is 19.1. The van der Waals surface area contributed by atoms with Gasteiger partial charge in [-0.2, -0.15) is 0 Å². The molecule has 0 unspecified atom stereocenters. The molecule has 0 amide bonds. The Hall–Kier alpha value is -3.96. The van der Waals surface area contributed by atoms with Crippen LogP contribution in [0.5, 0.6) is 11.6 Å². The fourth-order valence-corrected chi connectivity index (χ4v) is 5.28. The first-order chi connectivity index (χ1) is 17.0. The van der Waals surface area contributed by atoms with Gasteiger partial charge in [0, 0.05) is 35.6 Å². The third kappa shape index (κ3) is 3.27. The molecule has 8 heteroatoms. The van der Waals surface area contributed by atoms with Crippen LogP contribution in [0.25, 0.3) is 32.9 Å². The van der Waals surface area contributed by atoms with Crippen LogP contribution >= 0.6 is 0 Å². The SMILES string of the molecule is C#Cc1cccc2cc(O)cc(-c3nc4c5c(ncnc5c3F)N3C[C@@H](CC)NC[C@H]3[C@H](C)O4)c12. The third-order valence-electron chi connectivity index (χ3n) is 7.08. The van der Waals surface area contributed by atoms with Crippen LogP contribution in [0.3, 0.4) is 0 Å². The van der Waals surface area contributed by atoms with Crippen LogP contribution in [0, 0.1) is 18.2 Å². The molecule has 0 aliphatic carbocycles. The van der Waals surface area contributed by atoms with Crippen LogP contribution in [0.4, 0.5) is 10.2 Å². The fourth-order valence-electron chi connectivity index (χ4n) is 5.28. The van der Waals surface area contributed by atoms with Gasteiger partial charge in [-0.1, -0.05) is 25.0 Å². The van der Waals surface area contributed by atoms with Crippen molar-refractivity contribution in [2.24, 2.45) is 0 Å². The van der Waals surface area contributed by atoms with Crippen molar-refractivity contribution in [2.45, 2.75) is 38.5 Å². The molecule has 35 heavy (non-hydrogen) atoms. The highest BCUT2D eigenvalue weighted by molar-refractivity contribution is 6.04. The number of hydrogen-bond donors (Lipinski definition) is 2. The van der Waals surface area contributed by atoms with Crippen LogP contribution in [0.15, 0.2) is 36.7 Å². The molecular weight excluding hydrogens is 445 g/mol. The molecule has 2 N–H and O–H groups in total. The molecule has 3 atom stereocenters. The second kappa shape index (κ2) is 8.07. The van der Waals surface area contributed by atoms with E-state index in [2.05, 4.69) is 38.0 Å². The second-order valence-corrected chi connectivity index (χ2v) is 9.10. The minimum Gasteiger partial charge on any atom is -0.508 e. The molecule has 6 rings (SSSR count). The predicted molar refractivity (Wildman–Crippen MR) is 133 cm³/mol. The fraction of sp³-hybridized carbons (Fsp3) is 0.296. The van der Waals surface area contributed by atoms with E-state index < -0.39 is 5.82 Å². The predicted octanol–water partition coefficient (Wildman–Crippen LogP) is 4.01. The van der Waals surface area contributed by atoms with Crippen molar-refractivity contribution < 1.29 is 14.2 Å². The van der Waals surface area contributed by atoms with E-state index in [4.69, 9.17) is 11.2 Å². The van der Waals surface area contributed by atoms with Gasteiger partial charge in [0.05, 0.1) is 6.04 Å². The number of aromatic hydroxyl groups is 1. The molecule has 2 aromatic carbocycles. The maximum atomic E-state index is 16.2. The summed E-state index contributed by atoms with van der Waals surface area (Å²) in [5, 5.41) is 15.8. The Balaban J connectivity index is 1.65. The quantitative estimate of drug-likeness (QED) is 0.429. The lowest BCUT2D eigenvalue weighted by atomic mass is 9.96. The van der Waals surface area contributed by atoms with Crippen molar-refractivity contribution in [1.29, 1.82) is 0 Å². The molecule has 4 aromatic rings. The summed E-state index contributed by atoms with van der Waals surface area (Å²) in [6.45, 7) is 5.57. The molecule has 1 fully saturated rings. The third-order valence-corrected chi connectivity index (χ3v) is 7.08. The largest absolute Gasteiger partial charge is 0.508 e. The van der Waals surface area contributed by atoms with Crippen LogP contribution < -0.4 is 15.0 Å². The first-order valence-corrected chi connectivity index (χ1v) is 11.7. The number of ether oxygens (including phenoxy) is 1. The summed E-state index contributed by atoms with van der Waals surface area (Å²) in [5.74, 6) is 2.94. The number of phenols is 1. The lowest BCUT2D eigenvalue weighted by molar-refractivity contribution is 0.167. The summed E-state index contributed by atoms with van der Waals surface area (Å²) < 4.78 is 22.5. The Morgan fingerprint density at radius 1 is 1.29 bits per heavy atom. The number of aromatic nitrogens is 3. The average Bonchev–Trinajstić information content (AvgIpc) is 2.99. The molecule has 2 aromatic heterocycles. The smallest absolute Gasteiger partial charge is 0.227 e. The van der Waals surface area contributed by atoms with Gasteiger partial charge >= 0.3 is 0 Å². The van der Waals surface area contributed by atoms with Crippen LogP contribution in [0.1, 0.15) is 25.8 Å². The van der Waals surface area contributed by atoms with E-state index in [9.17, 15) is 5.11 Å². The second-order valence-electron chi connectivity index (χ2n) is 9.10. The zero-order valence-electron chi connectivity index (χ0n) is 19.4. The highest BCUT2D eigenvalue weighted by Crippen LogP contribution is 2.43. The number of rotatable bonds is 2. The van der Waals surface area contributed by atoms with Crippen molar-refractivity contribution in [2.75, 3.05) is 18.0 Å². The summed E-state index contributed by atoms with van der Waals surface area (Å²) in [5.41, 5.74) is 1.12. The number of piperazine rings is 1. The highest BCUT2D eigenvalue weighted by Gasteiger charge is 2.38. The normalized spacial score (nSPS) is 21.3. The molecule has 0 spiro atoms. The Morgan fingerprint density at radius 3 is 2.94 bits per heavy atom. The van der Waals surface area contributed by atoms with Crippen LogP contribution in [-0.4, -0.2) is 51.3 Å². The zero-order chi connectivity index (χ0) is 24.3. The molecule has 4 heterocycles. The van der Waals surface area contributed by atoms with Gasteiger partial charge in [0.1, 0.15) is 40.6 Å². The minimum atomic E-state index is -0.608. The van der Waals surface area contributed by atoms with Gasteiger partial charge in [-0.05, 0) is 36.9 Å². The van der Waals surface area contributed by atoms with E-state index in [1.807, 2.05) is 13.0 Å². The molecule has 0 saturated carbocycles. The number of phenolic OH excluding ortho intramolecular Hbond substituents is 1. The van der Waals surface area contributed by atoms with E-state index in [1.165, 1.54) is 12.4 Å². The summed E-state index contributed by atoms with van der Waals surface area (Å²) in [4.78, 5) is 15.7. The van der Waals surface area contributed by atoms with Gasteiger partial charge < -0.3 is 20.1 Å². The summed E-state index contributed by atoms with van der Waals surface area (Å²) in [7, 11) is 0. The van der Waals surface area contributed by atoms with Crippen LogP contribution in [-0.2, 0) is 0 Å². The van der Waals surface area contributed by atoms with Gasteiger partial charge in [0.15, 0.2) is 5.82 Å². The first kappa shape index (κ1) is 21.6. The minimum absolute atomic E-state index is 0.00579. The van der Waals surface area contributed by atoms with Gasteiger partial charge in [0.2, 0.25) is 5.88 Å². The Bertz CT molecular complexity index is 1530. The van der Waals surface area contributed by atoms with E-state index in [-0.39, 0.29) is 35.0 Å². The Morgan fingerprint density at radius 2 is 2.14 bits per heavy atom. The molecule has 7 nitrogen and oxygen atoms in total. The molecule has 2 aliphatic heterocycles. The molecule has 0 radical (unpaired) electrons. The van der Waals surface area contributed by atoms with E-state index in [0.717, 1.165) is 19.5 Å². The number of terminal acetylenes is 1. The van der Waals surface area contributed by atoms with E-state index in [1.54, 1.807) is 18.2 Å². The number of nitrogens with zero attached hydrogens (tertiary/aromatic N) is 4. The lowest BCUT2D eigenvalue weighted by Gasteiger charge is -2.41. The van der Waals surface area contributed by atoms with Crippen molar-refractivity contribution in [3.05, 3.63) is 48.0 Å². The monoisotopic (exact) mass is 469 g/mol. The van der Waals surface area contributed by atoms with Crippen LogP contribution in [0.2, 0.25) is 0 Å². The first-order valence-electron chi connectivity index (χ1n) is 11.7. The van der Waals surface area contributed by atoms with Crippen molar-refractivity contribution >= 4 is 27.5 Å². The lowest BCUT2D eigenvalue weighted by Crippen LogP contribution is -2.60. The van der Waals surface area contributed by atoms with Crippen molar-refractivity contribution in [3.63, 3.8) is 0 Å². The van der Waals surface area contributed by atoms with Crippen molar-refractivity contribution in [1.82, 2.24) is 20.3 Å². The van der Waals surface area contributed by atoms with Gasteiger partial charge in [0.25, 0.3) is 0 Å².